The third-order valence-electron chi connectivity index (χ3n) is 5.19. The summed E-state index contributed by atoms with van der Waals surface area (Å²) in [5, 5.41) is 0. The van der Waals surface area contributed by atoms with Gasteiger partial charge in [0.2, 0.25) is 0 Å². The monoisotopic (exact) mass is 329 g/mol. The van der Waals surface area contributed by atoms with Crippen LogP contribution in [-0.2, 0) is 11.8 Å². The van der Waals surface area contributed by atoms with Crippen LogP contribution in [0.5, 0.6) is 0 Å². The van der Waals surface area contributed by atoms with E-state index in [1.165, 1.54) is 4.57 Å². The molecule has 1 aromatic carbocycles. The molecule has 2 aliphatic rings. The Morgan fingerprint density at radius 3 is 2.83 bits per heavy atom. The molecule has 0 aliphatic carbocycles. The highest BCUT2D eigenvalue weighted by atomic mass is 16.6. The second-order valence-electron chi connectivity index (χ2n) is 6.36. The van der Waals surface area contributed by atoms with Crippen molar-refractivity contribution in [3.05, 3.63) is 44.5 Å². The average molecular weight is 329 g/mol. The molecule has 3 heterocycles. The first-order valence-electron chi connectivity index (χ1n) is 8.20. The summed E-state index contributed by atoms with van der Waals surface area (Å²) in [6.45, 7) is 3.15. The quantitative estimate of drug-likeness (QED) is 0.737. The second kappa shape index (κ2) is 5.22. The number of carbonyl (C=O) groups is 1. The Bertz CT molecular complexity index is 959. The summed E-state index contributed by atoms with van der Waals surface area (Å²) >= 11 is 0. The molecule has 1 aromatic heterocycles. The van der Waals surface area contributed by atoms with Gasteiger partial charge < -0.3 is 14.2 Å². The van der Waals surface area contributed by atoms with E-state index in [-0.39, 0.29) is 18.1 Å². The van der Waals surface area contributed by atoms with Crippen LogP contribution in [-0.4, -0.2) is 39.8 Å². The van der Waals surface area contributed by atoms with E-state index in [2.05, 4.69) is 0 Å². The molecule has 7 nitrogen and oxygen atoms in total. The molecule has 1 fully saturated rings. The number of aryl methyl sites for hydroxylation is 1. The molecule has 2 aromatic rings. The summed E-state index contributed by atoms with van der Waals surface area (Å²) in [4.78, 5) is 38.6. The van der Waals surface area contributed by atoms with Gasteiger partial charge in [-0.1, -0.05) is 12.1 Å². The summed E-state index contributed by atoms with van der Waals surface area (Å²) in [6.07, 6.45) is 0.321. The molecule has 7 heteroatoms. The number of aromatic nitrogens is 2. The lowest BCUT2D eigenvalue weighted by Crippen LogP contribution is -2.46. The maximum absolute atomic E-state index is 12.6. The van der Waals surface area contributed by atoms with E-state index in [1.54, 1.807) is 23.4 Å². The molecule has 0 unspecified atom stereocenters. The highest BCUT2D eigenvalue weighted by Gasteiger charge is 2.41. The van der Waals surface area contributed by atoms with Gasteiger partial charge in [0.1, 0.15) is 0 Å². The number of ether oxygens (including phenoxy) is 1. The van der Waals surface area contributed by atoms with Crippen molar-refractivity contribution >= 4 is 17.1 Å². The first kappa shape index (κ1) is 15.0. The summed E-state index contributed by atoms with van der Waals surface area (Å²) in [5.41, 5.74) is 1.63. The number of fused-ring (bicyclic) bond motifs is 3. The number of nitrogens with zero attached hydrogens (tertiary/aromatic N) is 3. The normalized spacial score (nSPS) is 21.8. The van der Waals surface area contributed by atoms with E-state index in [4.69, 9.17) is 4.74 Å². The minimum Gasteiger partial charge on any atom is -0.450 e. The van der Waals surface area contributed by atoms with E-state index >= 15 is 0 Å². The molecule has 0 spiro atoms. The van der Waals surface area contributed by atoms with Gasteiger partial charge in [-0.15, -0.1) is 0 Å². The number of hydrogen-bond acceptors (Lipinski definition) is 4. The molecule has 1 saturated heterocycles. The highest BCUT2D eigenvalue weighted by molar-refractivity contribution is 5.82. The minimum absolute atomic E-state index is 0.0151. The minimum atomic E-state index is -0.506. The van der Waals surface area contributed by atoms with E-state index in [0.29, 0.717) is 26.1 Å². The van der Waals surface area contributed by atoms with E-state index in [1.807, 2.05) is 18.2 Å². The number of amides is 1. The van der Waals surface area contributed by atoms with Gasteiger partial charge in [-0.2, -0.15) is 0 Å². The zero-order valence-electron chi connectivity index (χ0n) is 13.7. The maximum Gasteiger partial charge on any atom is 0.409 e. The van der Waals surface area contributed by atoms with Crippen molar-refractivity contribution in [2.45, 2.75) is 25.3 Å². The van der Waals surface area contributed by atoms with E-state index in [0.717, 1.165) is 16.6 Å². The van der Waals surface area contributed by atoms with Crippen molar-refractivity contribution in [2.75, 3.05) is 19.7 Å². The number of likely N-dealkylation sites (tertiary alicyclic amines) is 1. The lowest BCUT2D eigenvalue weighted by molar-refractivity contribution is 0.0883. The molecular weight excluding hydrogens is 310 g/mol. The molecule has 2 atom stereocenters. The van der Waals surface area contributed by atoms with Crippen LogP contribution in [0, 0.1) is 0 Å². The summed E-state index contributed by atoms with van der Waals surface area (Å²) in [6, 6.07) is 5.67. The van der Waals surface area contributed by atoms with Crippen LogP contribution >= 0.6 is 0 Å². The van der Waals surface area contributed by atoms with Gasteiger partial charge in [-0.25, -0.2) is 4.79 Å². The zero-order valence-corrected chi connectivity index (χ0v) is 13.7. The smallest absolute Gasteiger partial charge is 0.409 e. The molecule has 2 aliphatic heterocycles. The van der Waals surface area contributed by atoms with Crippen molar-refractivity contribution in [2.24, 2.45) is 7.05 Å². The Morgan fingerprint density at radius 2 is 2.08 bits per heavy atom. The van der Waals surface area contributed by atoms with Crippen LogP contribution in [0.15, 0.2) is 27.8 Å². The Balaban J connectivity index is 1.86. The summed E-state index contributed by atoms with van der Waals surface area (Å²) in [7, 11) is 1.63. The molecule has 0 bridgehead atoms. The fourth-order valence-corrected chi connectivity index (χ4v) is 4.09. The average Bonchev–Trinajstić information content (AvgIpc) is 2.93. The third kappa shape index (κ3) is 1.87. The second-order valence-corrected chi connectivity index (χ2v) is 6.36. The van der Waals surface area contributed by atoms with Crippen LogP contribution in [0.4, 0.5) is 4.79 Å². The molecular formula is C17H19N3O4. The number of benzene rings is 1. The first-order chi connectivity index (χ1) is 11.5. The molecule has 24 heavy (non-hydrogen) atoms. The van der Waals surface area contributed by atoms with Gasteiger partial charge in [0.05, 0.1) is 17.6 Å². The van der Waals surface area contributed by atoms with Crippen LogP contribution in [0.2, 0.25) is 0 Å². The maximum atomic E-state index is 12.6. The fraction of sp³-hybridized carbons (Fsp3) is 0.471. The molecule has 0 saturated carbocycles. The highest BCUT2D eigenvalue weighted by Crippen LogP contribution is 2.44. The van der Waals surface area contributed by atoms with Gasteiger partial charge in [0.15, 0.2) is 0 Å². The zero-order chi connectivity index (χ0) is 17.0. The Morgan fingerprint density at radius 1 is 1.29 bits per heavy atom. The number of rotatable bonds is 1. The number of carbonyl (C=O) groups excluding carboxylic acids is 1. The number of piperidine rings is 1. The fourth-order valence-electron chi connectivity index (χ4n) is 4.09. The lowest BCUT2D eigenvalue weighted by atomic mass is 9.89. The van der Waals surface area contributed by atoms with Gasteiger partial charge >= 0.3 is 17.2 Å². The predicted octanol–water partition coefficient (Wildman–Crippen LogP) is 1.20. The van der Waals surface area contributed by atoms with Crippen LogP contribution in [0.3, 0.4) is 0 Å². The van der Waals surface area contributed by atoms with Crippen molar-refractivity contribution in [1.29, 1.82) is 0 Å². The van der Waals surface area contributed by atoms with Crippen molar-refractivity contribution in [1.82, 2.24) is 14.0 Å². The van der Waals surface area contributed by atoms with Crippen molar-refractivity contribution in [3.63, 3.8) is 0 Å². The largest absolute Gasteiger partial charge is 0.450 e. The van der Waals surface area contributed by atoms with Crippen molar-refractivity contribution < 1.29 is 9.53 Å². The predicted molar refractivity (Wildman–Crippen MR) is 88.4 cm³/mol. The summed E-state index contributed by atoms with van der Waals surface area (Å²) in [5.74, 6) is 0.0151. The van der Waals surface area contributed by atoms with Gasteiger partial charge in [-0.05, 0) is 25.0 Å². The Labute approximate surface area is 138 Å². The van der Waals surface area contributed by atoms with Gasteiger partial charge in [0.25, 0.3) is 0 Å². The molecule has 1 amide bonds. The van der Waals surface area contributed by atoms with Crippen LogP contribution in [0.25, 0.3) is 11.0 Å². The number of para-hydroxylation sites is 1. The molecule has 126 valence electrons. The summed E-state index contributed by atoms with van der Waals surface area (Å²) < 4.78 is 8.17. The molecule has 4 rings (SSSR count). The SMILES string of the molecule is CCOC(=O)N1CC[C@H]2[C@@H](C1)c1cccc3c1n2c(=O)c(=O)n3C. The number of hydrogen-bond donors (Lipinski definition) is 0. The Hall–Kier alpha value is -2.57. The van der Waals surface area contributed by atoms with Gasteiger partial charge in [0, 0.05) is 32.1 Å². The van der Waals surface area contributed by atoms with Crippen LogP contribution in [0.1, 0.15) is 30.9 Å². The van der Waals surface area contributed by atoms with E-state index in [9.17, 15) is 14.4 Å². The standard InChI is InChI=1S/C17H19N3O4/c1-3-24-17(23)19-8-7-12-11(9-19)10-5-4-6-13-14(10)20(12)16(22)15(21)18(13)2/h4-6,11-12H,3,7-9H2,1-2H3/t11-,12-/m0/s1. The lowest BCUT2D eigenvalue weighted by Gasteiger charge is -2.35. The Kier molecular flexibility index (Phi) is 3.26. The molecule has 0 N–H and O–H groups in total. The van der Waals surface area contributed by atoms with E-state index < -0.39 is 11.1 Å². The topological polar surface area (TPSA) is 73.5 Å². The third-order valence-corrected chi connectivity index (χ3v) is 5.19. The van der Waals surface area contributed by atoms with Gasteiger partial charge in [-0.3, -0.25) is 14.2 Å². The van der Waals surface area contributed by atoms with Crippen molar-refractivity contribution in [3.8, 4) is 0 Å². The van der Waals surface area contributed by atoms with Crippen LogP contribution < -0.4 is 11.1 Å². The first-order valence-corrected chi connectivity index (χ1v) is 8.20. The molecule has 0 radical (unpaired) electrons.